The molecule has 3 aliphatic rings. The number of fused-ring (bicyclic) bond motifs is 9. The van der Waals surface area contributed by atoms with Crippen LogP contribution in [0.15, 0.2) is 109 Å². The van der Waals surface area contributed by atoms with E-state index in [2.05, 4.69) is 15.0 Å². The Morgan fingerprint density at radius 3 is 0.901 bits per heavy atom. The molecule has 0 radical (unpaired) electrons. The van der Waals surface area contributed by atoms with Crippen LogP contribution in [-0.2, 0) is 33.6 Å². The van der Waals surface area contributed by atoms with Crippen molar-refractivity contribution < 1.29 is 88.4 Å². The third-order valence-corrected chi connectivity index (χ3v) is 18.4. The number of nitrogens with one attached hydrogen (secondary N) is 3. The summed E-state index contributed by atoms with van der Waals surface area (Å²) in [6, 6.07) is 22.0. The fraction of sp³-hybridized carbons (Fsp3) is 0.354. The molecule has 9 aromatic rings. The van der Waals surface area contributed by atoms with Crippen LogP contribution in [0.1, 0.15) is 171 Å². The summed E-state index contributed by atoms with van der Waals surface area (Å²) in [5, 5.41) is 20.7. The summed E-state index contributed by atoms with van der Waals surface area (Å²) in [5.74, 6) is -7.30. The van der Waals surface area contributed by atoms with E-state index in [4.69, 9.17) is 10.2 Å². The number of rotatable bonds is 15. The summed E-state index contributed by atoms with van der Waals surface area (Å²) < 4.78 is 137. The van der Waals surface area contributed by atoms with E-state index in [1.54, 1.807) is 9.80 Å². The minimum Gasteiger partial charge on any atom is -0.870 e. The normalized spacial score (nSPS) is 19.0. The fourth-order valence-electron chi connectivity index (χ4n) is 14.4. The number of allylic oxidation sites excluding steroid dienone is 1. The van der Waals surface area contributed by atoms with Crippen molar-refractivity contribution in [2.24, 2.45) is 0 Å². The summed E-state index contributed by atoms with van der Waals surface area (Å²) in [6.45, 7) is 21.9. The first-order valence-electron chi connectivity index (χ1n) is 33.0. The predicted octanol–water partition coefficient (Wildman–Crippen LogP) is 15.1. The summed E-state index contributed by atoms with van der Waals surface area (Å²) in [5.41, 5.74) is 6.09. The number of nitrogens with zero attached hydrogens (tertiary/aromatic N) is 3. The molecule has 22 heteroatoms. The largest absolute Gasteiger partial charge is 1.00 e. The molecule has 530 valence electrons. The first-order chi connectivity index (χ1) is 46.3. The average Bonchev–Trinajstić information content (AvgIpc) is 1.65. The van der Waals surface area contributed by atoms with E-state index < -0.39 is 82.0 Å². The van der Waals surface area contributed by atoms with Crippen LogP contribution >= 0.6 is 0 Å². The second-order valence-electron chi connectivity index (χ2n) is 28.7. The number of aliphatic carboxylic acids is 2. The smallest absolute Gasteiger partial charge is 0.870 e. The molecule has 0 saturated carbocycles. The molecule has 3 aliphatic heterocycles. The zero-order valence-electron chi connectivity index (χ0n) is 59.1. The fourth-order valence-corrected chi connectivity index (χ4v) is 14.4. The third kappa shape index (κ3) is 17.6. The maximum atomic E-state index is 15.5. The molecule has 0 aliphatic carbocycles. The molecule has 0 fully saturated rings. The number of carboxylic acid groups (broad SMARTS) is 2. The topological polar surface area (TPSA) is 179 Å². The van der Waals surface area contributed by atoms with Gasteiger partial charge in [-0.1, -0.05) is 42.5 Å². The van der Waals surface area contributed by atoms with Crippen LogP contribution in [0.5, 0.6) is 0 Å². The number of hydrogen-bond donors (Lipinski definition) is 5. The van der Waals surface area contributed by atoms with Gasteiger partial charge in [0, 0.05) is 116 Å². The Hall–Kier alpha value is -8.42. The van der Waals surface area contributed by atoms with Crippen molar-refractivity contribution in [1.29, 1.82) is 0 Å². The maximum absolute atomic E-state index is 15.5. The molecular formula is C79H84F9LiN6O6. The van der Waals surface area contributed by atoms with E-state index in [9.17, 15) is 27.6 Å². The number of halogens is 9. The van der Waals surface area contributed by atoms with E-state index in [-0.39, 0.29) is 101 Å². The summed E-state index contributed by atoms with van der Waals surface area (Å²) in [6.07, 6.45) is 8.48. The summed E-state index contributed by atoms with van der Waals surface area (Å²) in [4.78, 5) is 48.4. The Bertz CT molecular complexity index is 4170. The van der Waals surface area contributed by atoms with Crippen LogP contribution < -0.4 is 18.9 Å². The van der Waals surface area contributed by atoms with Gasteiger partial charge in [-0.05, 0) is 232 Å². The van der Waals surface area contributed by atoms with Gasteiger partial charge in [0.25, 0.3) is 0 Å². The van der Waals surface area contributed by atoms with Gasteiger partial charge in [0.2, 0.25) is 0 Å². The van der Waals surface area contributed by atoms with Crippen molar-refractivity contribution in [2.45, 2.75) is 163 Å². The predicted molar refractivity (Wildman–Crippen MR) is 374 cm³/mol. The van der Waals surface area contributed by atoms with Crippen LogP contribution in [0.3, 0.4) is 0 Å². The van der Waals surface area contributed by atoms with Crippen molar-refractivity contribution in [3.8, 4) is 0 Å². The first-order valence-corrected chi connectivity index (χ1v) is 33.0. The monoisotopic (exact) mass is 1390 g/mol. The van der Waals surface area contributed by atoms with Crippen molar-refractivity contribution in [2.75, 3.05) is 19.6 Å². The molecule has 0 spiro atoms. The molecule has 6 unspecified atom stereocenters. The van der Waals surface area contributed by atoms with Gasteiger partial charge < -0.3 is 30.6 Å². The second-order valence-corrected chi connectivity index (χ2v) is 28.7. The Morgan fingerprint density at radius 2 is 0.683 bits per heavy atom. The van der Waals surface area contributed by atoms with Crippen molar-refractivity contribution in [1.82, 2.24) is 29.7 Å². The third-order valence-electron chi connectivity index (χ3n) is 18.4. The zero-order valence-corrected chi connectivity index (χ0v) is 59.1. The number of carbonyl (C=O) groups is 3. The second kappa shape index (κ2) is 30.6. The van der Waals surface area contributed by atoms with E-state index in [1.165, 1.54) is 72.8 Å². The quantitative estimate of drug-likeness (QED) is 0.0379. The van der Waals surface area contributed by atoms with Gasteiger partial charge in [-0.3, -0.25) is 19.5 Å². The zero-order chi connectivity index (χ0) is 72.2. The molecule has 6 N–H and O–H groups in total. The number of carbonyl (C=O) groups excluding carboxylic acids is 1. The number of aromatic amines is 3. The van der Waals surface area contributed by atoms with Crippen LogP contribution in [0.25, 0.3) is 50.9 Å². The van der Waals surface area contributed by atoms with Crippen molar-refractivity contribution in [3.05, 3.63) is 228 Å². The minimum atomic E-state index is -1.58. The number of benzene rings is 6. The van der Waals surface area contributed by atoms with Crippen molar-refractivity contribution in [3.63, 3.8) is 0 Å². The number of aromatic nitrogens is 3. The molecule has 0 saturated heterocycles. The van der Waals surface area contributed by atoms with E-state index >= 15 is 26.3 Å². The Balaban J connectivity index is 0.000000191. The van der Waals surface area contributed by atoms with Crippen LogP contribution in [0, 0.1) is 55.7 Å². The number of hydrogen-bond acceptors (Lipinski definition) is 7. The molecule has 6 aromatic carbocycles. The SMILES string of the molecule is CC(=O)/C=C/c1cc(F)c(C2c3[nH]c4cc(C)ccc4c3CC(C)N2CC(C)(C)F)c(F)c1.Cc1ccc2c3c([nH]c2c1)C(c1c(F)cc(/C=C/C(=O)O)cc1F)N(CC(C)(C)F)C(C)C3.Cc1ccc2c3c([nH]c2c1)C(c1c(F)cc(/C=C/C(=O)O)cc1F)N(CC(C)(C)F)C(C)C3.[Li+].[OH-]. The van der Waals surface area contributed by atoms with Gasteiger partial charge in [0.05, 0.1) is 18.1 Å². The summed E-state index contributed by atoms with van der Waals surface area (Å²) in [7, 11) is 0. The van der Waals surface area contributed by atoms with E-state index in [0.717, 1.165) is 115 Å². The molecule has 12 rings (SSSR count). The standard InChI is InChI=1S/C27H29F3N2O.2C26H27F3N2O2.Li.H2O/c1-15-6-9-19-20-11-16(2)32(14-27(4,5)30)26(25(20)31-23(19)10-15)24-21(28)12-18(13-22(24)29)8-7-17(3)33;2*1-14-5-7-17-18-10-15(2)31(13-26(3,4)29)25(24(18)30-21(17)9-14)23-19(27)11-16(12-20(23)28)6-8-22(32)33;;/h6-10,12-13,16,26,31H,11,14H2,1-5H3;2*5-9,11-12,15,25,30H,10,13H2,1-4H3,(H,32,33);;1H2/q;;;+1;/p-1/b8-7+;2*8-6+;;. The average molecular weight is 1390 g/mol. The number of ketones is 1. The molecule has 6 heterocycles. The number of carboxylic acids is 2. The maximum Gasteiger partial charge on any atom is 1.00 e. The molecule has 6 atom stereocenters. The number of alkyl halides is 3. The molecule has 0 bridgehead atoms. The van der Waals surface area contributed by atoms with Crippen LogP contribution in [0.4, 0.5) is 39.5 Å². The number of aryl methyl sites for hydroxylation is 3. The molecule has 101 heavy (non-hydrogen) atoms. The number of H-pyrrole nitrogens is 3. The first kappa shape index (κ1) is 78.3. The van der Waals surface area contributed by atoms with Gasteiger partial charge in [-0.2, -0.15) is 0 Å². The van der Waals surface area contributed by atoms with Gasteiger partial charge in [0.1, 0.15) is 51.9 Å². The van der Waals surface area contributed by atoms with Gasteiger partial charge in [0.15, 0.2) is 5.78 Å². The van der Waals surface area contributed by atoms with Crippen LogP contribution in [-0.4, -0.2) is 118 Å². The van der Waals surface area contributed by atoms with Gasteiger partial charge in [-0.15, -0.1) is 0 Å². The molecule has 0 amide bonds. The van der Waals surface area contributed by atoms with E-state index in [0.29, 0.717) is 36.3 Å². The Labute approximate surface area is 593 Å². The molecular weight excluding hydrogens is 1310 g/mol. The Kier molecular flexibility index (Phi) is 23.8. The molecule has 3 aromatic heterocycles. The molecule has 12 nitrogen and oxygen atoms in total. The van der Waals surface area contributed by atoms with Gasteiger partial charge >= 0.3 is 30.8 Å². The minimum absolute atomic E-state index is 0. The van der Waals surface area contributed by atoms with Crippen LogP contribution in [0.2, 0.25) is 0 Å². The van der Waals surface area contributed by atoms with E-state index in [1.807, 2.05) is 101 Å². The summed E-state index contributed by atoms with van der Waals surface area (Å²) >= 11 is 0. The van der Waals surface area contributed by atoms with Crippen molar-refractivity contribution >= 4 is 68.7 Å². The Morgan fingerprint density at radius 1 is 0.446 bits per heavy atom. The van der Waals surface area contributed by atoms with Gasteiger partial charge in [-0.25, -0.2) is 49.1 Å².